The predicted molar refractivity (Wildman–Crippen MR) is 91.1 cm³/mol. The largest absolute Gasteiger partial charge is 0.370 e. The highest BCUT2D eigenvalue weighted by Gasteiger charge is 2.32. The number of benzene rings is 1. The number of hydrogen-bond acceptors (Lipinski definition) is 5. The van der Waals surface area contributed by atoms with Gasteiger partial charge in [-0.15, -0.1) is 0 Å². The highest BCUT2D eigenvalue weighted by molar-refractivity contribution is 5.35. The lowest BCUT2D eigenvalue weighted by Crippen LogP contribution is -2.26. The molecule has 0 unspecified atom stereocenters. The van der Waals surface area contributed by atoms with Crippen LogP contribution in [0.2, 0.25) is 0 Å². The van der Waals surface area contributed by atoms with Crippen molar-refractivity contribution in [2.75, 3.05) is 11.9 Å². The Kier molecular flexibility index (Phi) is 3.96. The fourth-order valence-corrected chi connectivity index (χ4v) is 3.03. The lowest BCUT2D eigenvalue weighted by Gasteiger charge is -2.21. The molecule has 0 radical (unpaired) electrons. The van der Waals surface area contributed by atoms with Gasteiger partial charge in [0.2, 0.25) is 5.95 Å². The molecule has 3 aromatic rings. The Bertz CT molecular complexity index is 817. The van der Waals surface area contributed by atoms with Crippen molar-refractivity contribution < 1.29 is 4.74 Å². The number of rotatable bonds is 4. The third-order valence-electron chi connectivity index (χ3n) is 4.17. The van der Waals surface area contributed by atoms with E-state index in [0.717, 1.165) is 23.5 Å². The van der Waals surface area contributed by atoms with Gasteiger partial charge in [-0.2, -0.15) is 5.10 Å². The number of nitrogens with zero attached hydrogens (tertiary/aromatic N) is 4. The molecule has 4 rings (SSSR count). The van der Waals surface area contributed by atoms with Crippen molar-refractivity contribution >= 4 is 5.95 Å². The molecule has 0 amide bonds. The summed E-state index contributed by atoms with van der Waals surface area (Å²) in [7, 11) is 0. The van der Waals surface area contributed by atoms with E-state index in [4.69, 9.17) is 4.74 Å². The number of ether oxygens (including phenoxy) is 1. The Balaban J connectivity index is 1.61. The SMILES string of the molecule is Cc1ccnc(N[C@@H]2CCO[C@H]2c2ccnn2-c2ccccc2)n1. The standard InChI is InChI=1S/C18H19N5O/c1-13-7-10-19-18(21-13)22-15-9-12-24-17(15)16-8-11-20-23(16)14-5-3-2-4-6-14/h2-8,10-11,15,17H,9,12H2,1H3,(H,19,21,22)/t15-,17-/m1/s1. The van der Waals surface area contributed by atoms with Gasteiger partial charge in [-0.05, 0) is 37.6 Å². The van der Waals surface area contributed by atoms with E-state index >= 15 is 0 Å². The number of aromatic nitrogens is 4. The average Bonchev–Trinajstić information content (AvgIpc) is 3.24. The van der Waals surface area contributed by atoms with Crippen molar-refractivity contribution in [1.82, 2.24) is 19.7 Å². The molecule has 122 valence electrons. The normalized spacial score (nSPS) is 20.2. The molecule has 6 heteroatoms. The Morgan fingerprint density at radius 1 is 1.12 bits per heavy atom. The van der Waals surface area contributed by atoms with E-state index in [2.05, 4.69) is 20.4 Å². The summed E-state index contributed by atoms with van der Waals surface area (Å²) in [6.45, 7) is 2.66. The minimum Gasteiger partial charge on any atom is -0.370 e. The first-order chi connectivity index (χ1) is 11.8. The van der Waals surface area contributed by atoms with Crippen LogP contribution in [-0.2, 0) is 4.74 Å². The van der Waals surface area contributed by atoms with E-state index in [1.54, 1.807) is 6.20 Å². The third-order valence-corrected chi connectivity index (χ3v) is 4.17. The molecular formula is C18H19N5O. The van der Waals surface area contributed by atoms with Crippen LogP contribution >= 0.6 is 0 Å². The summed E-state index contributed by atoms with van der Waals surface area (Å²) in [6.07, 6.45) is 4.40. The summed E-state index contributed by atoms with van der Waals surface area (Å²) < 4.78 is 7.93. The van der Waals surface area contributed by atoms with Crippen molar-refractivity contribution in [1.29, 1.82) is 0 Å². The zero-order chi connectivity index (χ0) is 16.4. The number of para-hydroxylation sites is 1. The Labute approximate surface area is 140 Å². The zero-order valence-electron chi connectivity index (χ0n) is 13.5. The maximum Gasteiger partial charge on any atom is 0.223 e. The second kappa shape index (κ2) is 6.41. The summed E-state index contributed by atoms with van der Waals surface area (Å²) >= 11 is 0. The fourth-order valence-electron chi connectivity index (χ4n) is 3.03. The molecule has 1 aromatic carbocycles. The maximum absolute atomic E-state index is 6.00. The summed E-state index contributed by atoms with van der Waals surface area (Å²) in [6, 6.07) is 14.1. The van der Waals surface area contributed by atoms with Gasteiger partial charge in [0.15, 0.2) is 0 Å². The smallest absolute Gasteiger partial charge is 0.223 e. The minimum atomic E-state index is -0.0863. The van der Waals surface area contributed by atoms with Gasteiger partial charge in [0.05, 0.1) is 17.4 Å². The van der Waals surface area contributed by atoms with E-state index in [0.29, 0.717) is 12.6 Å². The topological polar surface area (TPSA) is 64.9 Å². The van der Waals surface area contributed by atoms with E-state index in [1.165, 1.54) is 0 Å². The molecule has 0 saturated carbocycles. The first-order valence-electron chi connectivity index (χ1n) is 8.08. The molecule has 2 atom stereocenters. The predicted octanol–water partition coefficient (Wildman–Crippen LogP) is 2.91. The van der Waals surface area contributed by atoms with Crippen LogP contribution in [0.3, 0.4) is 0 Å². The molecular weight excluding hydrogens is 302 g/mol. The van der Waals surface area contributed by atoms with Crippen LogP contribution in [0.25, 0.3) is 5.69 Å². The Hall–Kier alpha value is -2.73. The average molecular weight is 321 g/mol. The van der Waals surface area contributed by atoms with E-state index < -0.39 is 0 Å². The quantitative estimate of drug-likeness (QED) is 0.800. The van der Waals surface area contributed by atoms with Crippen molar-refractivity contribution in [3.8, 4) is 5.69 Å². The van der Waals surface area contributed by atoms with E-state index in [1.807, 2.05) is 60.3 Å². The van der Waals surface area contributed by atoms with Crippen molar-refractivity contribution in [2.24, 2.45) is 0 Å². The van der Waals surface area contributed by atoms with E-state index in [9.17, 15) is 0 Å². The molecule has 6 nitrogen and oxygen atoms in total. The van der Waals surface area contributed by atoms with Crippen molar-refractivity contribution in [3.63, 3.8) is 0 Å². The lowest BCUT2D eigenvalue weighted by molar-refractivity contribution is 0.102. The first-order valence-corrected chi connectivity index (χ1v) is 8.08. The van der Waals surface area contributed by atoms with Gasteiger partial charge in [0, 0.05) is 24.7 Å². The molecule has 24 heavy (non-hydrogen) atoms. The molecule has 1 aliphatic heterocycles. The summed E-state index contributed by atoms with van der Waals surface area (Å²) in [4.78, 5) is 8.73. The number of hydrogen-bond donors (Lipinski definition) is 1. The lowest BCUT2D eigenvalue weighted by atomic mass is 10.1. The second-order valence-corrected chi connectivity index (χ2v) is 5.86. The van der Waals surface area contributed by atoms with Crippen LogP contribution in [-0.4, -0.2) is 32.4 Å². The molecule has 2 aromatic heterocycles. The number of anilines is 1. The van der Waals surface area contributed by atoms with Crippen LogP contribution in [0.4, 0.5) is 5.95 Å². The molecule has 1 saturated heterocycles. The number of nitrogens with one attached hydrogen (secondary N) is 1. The van der Waals surface area contributed by atoms with Gasteiger partial charge in [-0.3, -0.25) is 0 Å². The van der Waals surface area contributed by atoms with Gasteiger partial charge in [0.1, 0.15) is 6.10 Å². The van der Waals surface area contributed by atoms with Gasteiger partial charge < -0.3 is 10.1 Å². The highest BCUT2D eigenvalue weighted by atomic mass is 16.5. The second-order valence-electron chi connectivity index (χ2n) is 5.86. The minimum absolute atomic E-state index is 0.0863. The van der Waals surface area contributed by atoms with Gasteiger partial charge in [0.25, 0.3) is 0 Å². The van der Waals surface area contributed by atoms with Crippen LogP contribution in [0.5, 0.6) is 0 Å². The fraction of sp³-hybridized carbons (Fsp3) is 0.278. The molecule has 3 heterocycles. The van der Waals surface area contributed by atoms with Crippen molar-refractivity contribution in [3.05, 3.63) is 66.2 Å². The van der Waals surface area contributed by atoms with Crippen LogP contribution in [0, 0.1) is 6.92 Å². The molecule has 1 aliphatic rings. The molecule has 1 N–H and O–H groups in total. The molecule has 0 spiro atoms. The molecule has 0 aliphatic carbocycles. The van der Waals surface area contributed by atoms with Gasteiger partial charge in [-0.1, -0.05) is 18.2 Å². The zero-order valence-corrected chi connectivity index (χ0v) is 13.5. The van der Waals surface area contributed by atoms with Crippen LogP contribution in [0.15, 0.2) is 54.9 Å². The first kappa shape index (κ1) is 14.8. The van der Waals surface area contributed by atoms with E-state index in [-0.39, 0.29) is 12.1 Å². The summed E-state index contributed by atoms with van der Waals surface area (Å²) in [5, 5.41) is 7.87. The van der Waals surface area contributed by atoms with Gasteiger partial charge in [-0.25, -0.2) is 14.6 Å². The van der Waals surface area contributed by atoms with Crippen LogP contribution < -0.4 is 5.32 Å². The number of aryl methyl sites for hydroxylation is 1. The Morgan fingerprint density at radius 2 is 2.00 bits per heavy atom. The summed E-state index contributed by atoms with van der Waals surface area (Å²) in [5.41, 5.74) is 3.00. The van der Waals surface area contributed by atoms with Crippen LogP contribution in [0.1, 0.15) is 23.9 Å². The highest BCUT2D eigenvalue weighted by Crippen LogP contribution is 2.31. The Morgan fingerprint density at radius 3 is 2.83 bits per heavy atom. The third kappa shape index (κ3) is 2.88. The molecule has 1 fully saturated rings. The maximum atomic E-state index is 6.00. The summed E-state index contributed by atoms with van der Waals surface area (Å²) in [5.74, 6) is 0.640. The monoisotopic (exact) mass is 321 g/mol. The molecule has 0 bridgehead atoms. The van der Waals surface area contributed by atoms with Gasteiger partial charge >= 0.3 is 0 Å². The van der Waals surface area contributed by atoms with Crippen molar-refractivity contribution in [2.45, 2.75) is 25.5 Å².